The molecule has 14 heteroatoms. The Bertz CT molecular complexity index is 1370. The Morgan fingerprint density at radius 2 is 1.84 bits per heavy atom. The molecular formula is C29H43F3N6O4S. The van der Waals surface area contributed by atoms with Gasteiger partial charge in [0.1, 0.15) is 5.75 Å². The van der Waals surface area contributed by atoms with Crippen molar-refractivity contribution in [2.75, 3.05) is 51.2 Å². The SMILES string of the molecule is C.COc1cc(NC(=O)C2CCN(C)CC2)ccc1Nc1ncc(C(F)(F)F)c(C[C@@H]2CCCC[C@H]2N(C)S(C)(=O)=O)n1. The Kier molecular flexibility index (Phi) is 11.4. The number of benzene rings is 1. The number of nitrogens with zero attached hydrogens (tertiary/aromatic N) is 4. The number of piperidine rings is 1. The Morgan fingerprint density at radius 3 is 2.47 bits per heavy atom. The number of halogens is 3. The highest BCUT2D eigenvalue weighted by Gasteiger charge is 2.38. The second-order valence-corrected chi connectivity index (χ2v) is 13.3. The molecule has 2 N–H and O–H groups in total. The lowest BCUT2D eigenvalue weighted by Crippen LogP contribution is -2.44. The molecule has 240 valence electrons. The molecule has 1 amide bonds. The van der Waals surface area contributed by atoms with Crippen molar-refractivity contribution in [3.8, 4) is 5.75 Å². The van der Waals surface area contributed by atoms with Gasteiger partial charge in [0.2, 0.25) is 21.9 Å². The smallest absolute Gasteiger partial charge is 0.419 e. The molecule has 43 heavy (non-hydrogen) atoms. The summed E-state index contributed by atoms with van der Waals surface area (Å²) in [6.45, 7) is 1.71. The molecule has 0 radical (unpaired) electrons. The zero-order valence-electron chi connectivity index (χ0n) is 24.4. The van der Waals surface area contributed by atoms with Crippen LogP contribution in [0.5, 0.6) is 5.75 Å². The van der Waals surface area contributed by atoms with Gasteiger partial charge in [-0.05, 0) is 70.3 Å². The first-order valence-corrected chi connectivity index (χ1v) is 15.9. The average Bonchev–Trinajstić information content (AvgIpc) is 2.93. The first kappa shape index (κ1) is 34.5. The molecule has 1 aliphatic carbocycles. The van der Waals surface area contributed by atoms with Crippen LogP contribution in [0.2, 0.25) is 0 Å². The van der Waals surface area contributed by atoms with Crippen LogP contribution in [0.1, 0.15) is 57.2 Å². The number of hydrogen-bond acceptors (Lipinski definition) is 8. The number of nitrogens with one attached hydrogen (secondary N) is 2. The molecule has 0 unspecified atom stereocenters. The van der Waals surface area contributed by atoms with Crippen LogP contribution < -0.4 is 15.4 Å². The molecule has 2 aromatic rings. The van der Waals surface area contributed by atoms with Crippen molar-refractivity contribution in [1.29, 1.82) is 0 Å². The number of sulfonamides is 1. The molecule has 1 aliphatic heterocycles. The fraction of sp³-hybridized carbons (Fsp3) is 0.621. The van der Waals surface area contributed by atoms with Gasteiger partial charge in [-0.25, -0.2) is 22.7 Å². The average molecular weight is 629 g/mol. The van der Waals surface area contributed by atoms with Crippen LogP contribution in [0, 0.1) is 11.8 Å². The minimum Gasteiger partial charge on any atom is -0.494 e. The minimum absolute atomic E-state index is 0. The van der Waals surface area contributed by atoms with Crippen molar-refractivity contribution in [2.24, 2.45) is 11.8 Å². The summed E-state index contributed by atoms with van der Waals surface area (Å²) < 4.78 is 73.1. The molecule has 1 saturated carbocycles. The molecule has 0 bridgehead atoms. The van der Waals surface area contributed by atoms with E-state index >= 15 is 0 Å². The van der Waals surface area contributed by atoms with Crippen LogP contribution in [-0.2, 0) is 27.4 Å². The van der Waals surface area contributed by atoms with Crippen LogP contribution in [0.3, 0.4) is 0 Å². The standard InChI is InChI=1S/C28H39F3N6O4S.CH4/c1-36-13-11-18(12-14-36)26(38)33-20-9-10-22(25(16-20)41-3)34-27-32-17-21(28(29,30)31)23(35-27)15-19-7-5-6-8-24(19)37(2)42(4,39)40;/h9-10,16-19,24H,5-8,11-15H2,1-4H3,(H,33,38)(H,32,34,35);1H4/t19-,24+;/m0./s1. The summed E-state index contributed by atoms with van der Waals surface area (Å²) in [5.74, 6) is -0.176. The van der Waals surface area contributed by atoms with E-state index in [-0.39, 0.29) is 43.2 Å². The van der Waals surface area contributed by atoms with Gasteiger partial charge in [-0.15, -0.1) is 0 Å². The minimum atomic E-state index is -4.67. The predicted octanol–water partition coefficient (Wildman–Crippen LogP) is 5.16. The van der Waals surface area contributed by atoms with E-state index in [1.165, 1.54) is 18.5 Å². The van der Waals surface area contributed by atoms with Crippen LogP contribution in [-0.4, -0.2) is 80.1 Å². The monoisotopic (exact) mass is 628 g/mol. The second-order valence-electron chi connectivity index (χ2n) is 11.3. The quantitative estimate of drug-likeness (QED) is 0.392. The van der Waals surface area contributed by atoms with E-state index in [0.717, 1.165) is 51.2 Å². The molecule has 10 nitrogen and oxygen atoms in total. The van der Waals surface area contributed by atoms with Crippen molar-refractivity contribution in [2.45, 2.75) is 64.6 Å². The molecule has 4 rings (SSSR count). The number of alkyl halides is 3. The molecule has 1 aromatic carbocycles. The number of methoxy groups -OCH3 is 1. The number of likely N-dealkylation sites (tertiary alicyclic amines) is 1. The molecule has 2 heterocycles. The van der Waals surface area contributed by atoms with Crippen LogP contribution in [0.4, 0.5) is 30.5 Å². The zero-order chi connectivity index (χ0) is 30.7. The van der Waals surface area contributed by atoms with Crippen LogP contribution in [0.15, 0.2) is 24.4 Å². The third-order valence-corrected chi connectivity index (χ3v) is 9.61. The highest BCUT2D eigenvalue weighted by Crippen LogP contribution is 2.37. The number of carbonyl (C=O) groups is 1. The summed E-state index contributed by atoms with van der Waals surface area (Å²) in [5, 5.41) is 5.87. The zero-order valence-corrected chi connectivity index (χ0v) is 25.2. The second kappa shape index (κ2) is 14.2. The maximum absolute atomic E-state index is 14.0. The molecule has 2 aliphatic rings. The van der Waals surface area contributed by atoms with Gasteiger partial charge in [-0.1, -0.05) is 20.3 Å². The molecule has 2 fully saturated rings. The van der Waals surface area contributed by atoms with Gasteiger partial charge in [0.05, 0.1) is 30.3 Å². The maximum atomic E-state index is 14.0. The summed E-state index contributed by atoms with van der Waals surface area (Å²) in [4.78, 5) is 23.1. The summed E-state index contributed by atoms with van der Waals surface area (Å²) in [5.41, 5.74) is -0.195. The van der Waals surface area contributed by atoms with Gasteiger partial charge in [-0.2, -0.15) is 13.2 Å². The lowest BCUT2D eigenvalue weighted by atomic mass is 9.81. The largest absolute Gasteiger partial charge is 0.494 e. The maximum Gasteiger partial charge on any atom is 0.419 e. The van der Waals surface area contributed by atoms with Crippen molar-refractivity contribution in [3.63, 3.8) is 0 Å². The first-order valence-electron chi connectivity index (χ1n) is 14.1. The van der Waals surface area contributed by atoms with E-state index in [4.69, 9.17) is 4.74 Å². The fourth-order valence-corrected chi connectivity index (χ4v) is 6.55. The Hall–Kier alpha value is -2.97. The van der Waals surface area contributed by atoms with Gasteiger partial charge >= 0.3 is 6.18 Å². The van der Waals surface area contributed by atoms with Crippen molar-refractivity contribution in [3.05, 3.63) is 35.7 Å². The van der Waals surface area contributed by atoms with E-state index in [9.17, 15) is 26.4 Å². The van der Waals surface area contributed by atoms with E-state index in [1.807, 2.05) is 7.05 Å². The molecule has 0 spiro atoms. The number of anilines is 3. The Morgan fingerprint density at radius 1 is 1.16 bits per heavy atom. The highest BCUT2D eigenvalue weighted by atomic mass is 32.2. The normalized spacial score (nSPS) is 20.4. The van der Waals surface area contributed by atoms with Crippen LogP contribution in [0.25, 0.3) is 0 Å². The fourth-order valence-electron chi connectivity index (χ4n) is 5.78. The molecule has 1 saturated heterocycles. The van der Waals surface area contributed by atoms with Gasteiger partial charge < -0.3 is 20.3 Å². The lowest BCUT2D eigenvalue weighted by Gasteiger charge is -2.37. The van der Waals surface area contributed by atoms with Crippen molar-refractivity contribution >= 4 is 33.3 Å². The first-order chi connectivity index (χ1) is 19.8. The molecular weight excluding hydrogens is 585 g/mol. The number of rotatable bonds is 9. The Labute approximate surface area is 252 Å². The number of ether oxygens (including phenoxy) is 1. The topological polar surface area (TPSA) is 117 Å². The number of amides is 1. The molecule has 2 atom stereocenters. The van der Waals surface area contributed by atoms with E-state index < -0.39 is 27.8 Å². The summed E-state index contributed by atoms with van der Waals surface area (Å²) in [6, 6.07) is 4.53. The third kappa shape index (κ3) is 8.79. The summed E-state index contributed by atoms with van der Waals surface area (Å²) in [6.07, 6.45) is 1.46. The highest BCUT2D eigenvalue weighted by molar-refractivity contribution is 7.88. The number of carbonyl (C=O) groups excluding carboxylic acids is 1. The Balaban J connectivity index is 0.00000506. The van der Waals surface area contributed by atoms with E-state index in [0.29, 0.717) is 30.0 Å². The van der Waals surface area contributed by atoms with Crippen LogP contribution >= 0.6 is 0 Å². The van der Waals surface area contributed by atoms with Crippen molar-refractivity contribution in [1.82, 2.24) is 19.2 Å². The van der Waals surface area contributed by atoms with Gasteiger partial charge in [0.25, 0.3) is 0 Å². The van der Waals surface area contributed by atoms with E-state index in [2.05, 4.69) is 25.5 Å². The summed E-state index contributed by atoms with van der Waals surface area (Å²) >= 11 is 0. The lowest BCUT2D eigenvalue weighted by molar-refractivity contribution is -0.138. The predicted molar refractivity (Wildman–Crippen MR) is 161 cm³/mol. The summed E-state index contributed by atoms with van der Waals surface area (Å²) in [7, 11) is 1.43. The van der Waals surface area contributed by atoms with Gasteiger partial charge in [0.15, 0.2) is 0 Å². The molecule has 1 aromatic heterocycles. The number of aromatic nitrogens is 2. The van der Waals surface area contributed by atoms with E-state index in [1.54, 1.807) is 18.2 Å². The number of hydrogen-bond donors (Lipinski definition) is 2. The third-order valence-electron chi connectivity index (χ3n) is 8.29. The van der Waals surface area contributed by atoms with Crippen molar-refractivity contribution < 1.29 is 31.1 Å². The van der Waals surface area contributed by atoms with Gasteiger partial charge in [0, 0.05) is 37.0 Å². The van der Waals surface area contributed by atoms with Gasteiger partial charge in [-0.3, -0.25) is 4.79 Å².